The van der Waals surface area contributed by atoms with Gasteiger partial charge in [0.05, 0.1) is 0 Å². The zero-order valence-corrected chi connectivity index (χ0v) is 7.25. The summed E-state index contributed by atoms with van der Waals surface area (Å²) in [6.45, 7) is 0.939. The normalized spacial score (nSPS) is 19.5. The second kappa shape index (κ2) is 4.50. The van der Waals surface area contributed by atoms with E-state index < -0.39 is 0 Å². The van der Waals surface area contributed by atoms with Crippen LogP contribution in [-0.4, -0.2) is 30.8 Å². The Labute approximate surface area is 68.6 Å². The van der Waals surface area contributed by atoms with Gasteiger partial charge in [0.1, 0.15) is 6.29 Å². The molecule has 0 bridgehead atoms. The minimum absolute atomic E-state index is 0.687. The summed E-state index contributed by atoms with van der Waals surface area (Å²) in [5, 5.41) is 0. The number of nitrogens with zero attached hydrogens (tertiary/aromatic N) is 1. The standard InChI is InChI=1S/C9H17NO/c1-10(7-4-8-11)9-5-2-3-6-9/h8-9H,2-7H2,1H3. The topological polar surface area (TPSA) is 20.3 Å². The highest BCUT2D eigenvalue weighted by atomic mass is 16.1. The lowest BCUT2D eigenvalue weighted by atomic mass is 10.2. The maximum absolute atomic E-state index is 10.1. The number of hydrogen-bond donors (Lipinski definition) is 0. The zero-order valence-electron chi connectivity index (χ0n) is 7.25. The molecule has 1 rings (SSSR count). The number of carbonyl (C=O) groups is 1. The van der Waals surface area contributed by atoms with Gasteiger partial charge >= 0.3 is 0 Å². The highest BCUT2D eigenvalue weighted by Crippen LogP contribution is 2.21. The summed E-state index contributed by atoms with van der Waals surface area (Å²) in [7, 11) is 2.12. The lowest BCUT2D eigenvalue weighted by Crippen LogP contribution is -2.30. The van der Waals surface area contributed by atoms with Gasteiger partial charge in [0.25, 0.3) is 0 Å². The smallest absolute Gasteiger partial charge is 0.121 e. The van der Waals surface area contributed by atoms with Crippen molar-refractivity contribution in [2.45, 2.75) is 38.1 Å². The van der Waals surface area contributed by atoms with Crippen molar-refractivity contribution in [2.75, 3.05) is 13.6 Å². The Morgan fingerprint density at radius 3 is 2.64 bits per heavy atom. The van der Waals surface area contributed by atoms with Gasteiger partial charge in [-0.05, 0) is 19.9 Å². The van der Waals surface area contributed by atoms with Gasteiger partial charge < -0.3 is 9.69 Å². The van der Waals surface area contributed by atoms with E-state index in [1.165, 1.54) is 25.7 Å². The maximum Gasteiger partial charge on any atom is 0.121 e. The molecule has 0 aliphatic heterocycles. The van der Waals surface area contributed by atoms with Gasteiger partial charge in [0.15, 0.2) is 0 Å². The van der Waals surface area contributed by atoms with E-state index in [9.17, 15) is 4.79 Å². The molecule has 0 radical (unpaired) electrons. The largest absolute Gasteiger partial charge is 0.303 e. The monoisotopic (exact) mass is 155 g/mol. The first kappa shape index (κ1) is 8.72. The molecular weight excluding hydrogens is 138 g/mol. The van der Waals surface area contributed by atoms with Gasteiger partial charge in [-0.25, -0.2) is 0 Å². The molecular formula is C9H17NO. The van der Waals surface area contributed by atoms with Crippen LogP contribution in [0.3, 0.4) is 0 Å². The molecule has 0 saturated heterocycles. The van der Waals surface area contributed by atoms with Crippen LogP contribution in [0.2, 0.25) is 0 Å². The van der Waals surface area contributed by atoms with E-state index in [-0.39, 0.29) is 0 Å². The van der Waals surface area contributed by atoms with Crippen molar-refractivity contribution in [1.29, 1.82) is 0 Å². The van der Waals surface area contributed by atoms with E-state index in [1.807, 2.05) is 0 Å². The summed E-state index contributed by atoms with van der Waals surface area (Å²) in [6.07, 6.45) is 7.09. The SMILES string of the molecule is CN(CCC=O)C1CCCC1. The Bertz CT molecular complexity index is 119. The third-order valence-electron chi connectivity index (χ3n) is 2.55. The minimum atomic E-state index is 0.687. The van der Waals surface area contributed by atoms with E-state index in [1.54, 1.807) is 0 Å². The average molecular weight is 155 g/mol. The molecule has 1 aliphatic rings. The minimum Gasteiger partial charge on any atom is -0.303 e. The zero-order chi connectivity index (χ0) is 8.10. The van der Waals surface area contributed by atoms with Gasteiger partial charge in [0, 0.05) is 19.0 Å². The van der Waals surface area contributed by atoms with E-state index in [0.29, 0.717) is 6.42 Å². The Morgan fingerprint density at radius 1 is 1.45 bits per heavy atom. The molecule has 1 aliphatic carbocycles. The van der Waals surface area contributed by atoms with Gasteiger partial charge in [0.2, 0.25) is 0 Å². The summed E-state index contributed by atoms with van der Waals surface area (Å²) in [5.74, 6) is 0. The van der Waals surface area contributed by atoms with E-state index in [4.69, 9.17) is 0 Å². The first-order valence-corrected chi connectivity index (χ1v) is 4.48. The number of rotatable bonds is 4. The lowest BCUT2D eigenvalue weighted by molar-refractivity contribution is -0.108. The van der Waals surface area contributed by atoms with Gasteiger partial charge in [-0.15, -0.1) is 0 Å². The van der Waals surface area contributed by atoms with Crippen molar-refractivity contribution < 1.29 is 4.79 Å². The van der Waals surface area contributed by atoms with Gasteiger partial charge in [-0.2, -0.15) is 0 Å². The highest BCUT2D eigenvalue weighted by Gasteiger charge is 2.18. The van der Waals surface area contributed by atoms with Crippen LogP contribution in [0.25, 0.3) is 0 Å². The summed E-state index contributed by atoms with van der Waals surface area (Å²) >= 11 is 0. The average Bonchev–Trinajstić information content (AvgIpc) is 2.52. The van der Waals surface area contributed by atoms with Crippen LogP contribution in [0.15, 0.2) is 0 Å². The molecule has 0 aromatic rings. The van der Waals surface area contributed by atoms with Crippen molar-refractivity contribution in [3.05, 3.63) is 0 Å². The number of carbonyl (C=O) groups excluding carboxylic acids is 1. The summed E-state index contributed by atoms with van der Waals surface area (Å²) in [6, 6.07) is 0.759. The van der Waals surface area contributed by atoms with Gasteiger partial charge in [-0.3, -0.25) is 0 Å². The molecule has 0 N–H and O–H groups in total. The van der Waals surface area contributed by atoms with Crippen molar-refractivity contribution in [1.82, 2.24) is 4.90 Å². The molecule has 1 fully saturated rings. The third kappa shape index (κ3) is 2.62. The summed E-state index contributed by atoms with van der Waals surface area (Å²) < 4.78 is 0. The van der Waals surface area contributed by atoms with Crippen molar-refractivity contribution in [3.63, 3.8) is 0 Å². The van der Waals surface area contributed by atoms with Crippen LogP contribution in [-0.2, 0) is 4.79 Å². The molecule has 0 aromatic heterocycles. The Balaban J connectivity index is 2.16. The van der Waals surface area contributed by atoms with Crippen LogP contribution >= 0.6 is 0 Å². The molecule has 11 heavy (non-hydrogen) atoms. The predicted octanol–water partition coefficient (Wildman–Crippen LogP) is 1.45. The summed E-state index contributed by atoms with van der Waals surface area (Å²) in [4.78, 5) is 12.4. The van der Waals surface area contributed by atoms with Crippen LogP contribution < -0.4 is 0 Å². The maximum atomic E-state index is 10.1. The molecule has 2 nitrogen and oxygen atoms in total. The molecule has 0 heterocycles. The van der Waals surface area contributed by atoms with Crippen LogP contribution in [0.4, 0.5) is 0 Å². The number of hydrogen-bond acceptors (Lipinski definition) is 2. The lowest BCUT2D eigenvalue weighted by Gasteiger charge is -2.22. The van der Waals surface area contributed by atoms with Crippen LogP contribution in [0.5, 0.6) is 0 Å². The fourth-order valence-corrected chi connectivity index (χ4v) is 1.78. The first-order valence-electron chi connectivity index (χ1n) is 4.48. The highest BCUT2D eigenvalue weighted by molar-refractivity contribution is 5.49. The molecule has 0 spiro atoms. The van der Waals surface area contributed by atoms with E-state index in [2.05, 4.69) is 11.9 Å². The van der Waals surface area contributed by atoms with Gasteiger partial charge in [-0.1, -0.05) is 12.8 Å². The predicted molar refractivity (Wildman–Crippen MR) is 45.6 cm³/mol. The van der Waals surface area contributed by atoms with Crippen LogP contribution in [0.1, 0.15) is 32.1 Å². The van der Waals surface area contributed by atoms with E-state index in [0.717, 1.165) is 18.9 Å². The molecule has 0 unspecified atom stereocenters. The molecule has 2 heteroatoms. The molecule has 0 amide bonds. The molecule has 64 valence electrons. The second-order valence-corrected chi connectivity index (χ2v) is 3.37. The number of aldehydes is 1. The fourth-order valence-electron chi connectivity index (χ4n) is 1.78. The van der Waals surface area contributed by atoms with E-state index >= 15 is 0 Å². The van der Waals surface area contributed by atoms with Crippen molar-refractivity contribution in [3.8, 4) is 0 Å². The second-order valence-electron chi connectivity index (χ2n) is 3.37. The van der Waals surface area contributed by atoms with Crippen LogP contribution in [0, 0.1) is 0 Å². The van der Waals surface area contributed by atoms with Crippen molar-refractivity contribution in [2.24, 2.45) is 0 Å². The third-order valence-corrected chi connectivity index (χ3v) is 2.55. The Kier molecular flexibility index (Phi) is 3.57. The quantitative estimate of drug-likeness (QED) is 0.573. The molecule has 0 aromatic carbocycles. The summed E-state index contributed by atoms with van der Waals surface area (Å²) in [5.41, 5.74) is 0. The Hall–Kier alpha value is -0.370. The Morgan fingerprint density at radius 2 is 2.09 bits per heavy atom. The van der Waals surface area contributed by atoms with Crippen molar-refractivity contribution >= 4 is 6.29 Å². The molecule has 1 saturated carbocycles. The first-order chi connectivity index (χ1) is 5.34. The fraction of sp³-hybridized carbons (Fsp3) is 0.889. The molecule has 0 atom stereocenters.